The van der Waals surface area contributed by atoms with Crippen LogP contribution in [-0.2, 0) is 16.0 Å². The van der Waals surface area contributed by atoms with Gasteiger partial charge in [0.25, 0.3) is 0 Å². The number of hydrogen-bond donors (Lipinski definition) is 1. The fourth-order valence-electron chi connectivity index (χ4n) is 2.69. The molecule has 0 spiro atoms. The first-order valence-corrected chi connectivity index (χ1v) is 7.83. The van der Waals surface area contributed by atoms with Crippen molar-refractivity contribution in [2.75, 3.05) is 6.61 Å². The van der Waals surface area contributed by atoms with Gasteiger partial charge in [-0.3, -0.25) is 9.59 Å². The maximum absolute atomic E-state index is 12.4. The first-order valence-electron chi connectivity index (χ1n) is 7.83. The Labute approximate surface area is 139 Å². The lowest BCUT2D eigenvalue weighted by Crippen LogP contribution is -2.13. The lowest BCUT2D eigenvalue weighted by atomic mass is 10.2. The van der Waals surface area contributed by atoms with Crippen molar-refractivity contribution < 1.29 is 9.53 Å². The number of fused-ring (bicyclic) bond motifs is 1. The number of benzene rings is 1. The van der Waals surface area contributed by atoms with Crippen LogP contribution in [0.5, 0.6) is 0 Å². The standard InChI is InChI=1S/C18H19N3O3/c1-4-24-16(23)10-13-9-15(22)17-12(3)20-21(18(17)19-13)14-7-5-11(2)6-8-14/h5-9H,4,10H2,1-3H3,(H,19,22). The van der Waals surface area contributed by atoms with Crippen LogP contribution >= 0.6 is 0 Å². The van der Waals surface area contributed by atoms with Gasteiger partial charge < -0.3 is 9.72 Å². The molecule has 1 N–H and O–H groups in total. The van der Waals surface area contributed by atoms with Crippen LogP contribution in [0.4, 0.5) is 0 Å². The smallest absolute Gasteiger partial charge is 0.311 e. The van der Waals surface area contributed by atoms with Crippen LogP contribution < -0.4 is 5.43 Å². The second-order valence-corrected chi connectivity index (χ2v) is 5.70. The summed E-state index contributed by atoms with van der Waals surface area (Å²) >= 11 is 0. The predicted octanol–water partition coefficient (Wildman–Crippen LogP) is 2.44. The molecule has 0 aliphatic heterocycles. The molecule has 0 aliphatic rings. The van der Waals surface area contributed by atoms with Gasteiger partial charge in [0, 0.05) is 11.8 Å². The van der Waals surface area contributed by atoms with Gasteiger partial charge in [-0.1, -0.05) is 17.7 Å². The minimum Gasteiger partial charge on any atom is -0.466 e. The molecule has 0 saturated heterocycles. The molecule has 0 aliphatic carbocycles. The van der Waals surface area contributed by atoms with E-state index in [9.17, 15) is 9.59 Å². The number of ether oxygens (including phenoxy) is 1. The number of rotatable bonds is 4. The molecule has 0 radical (unpaired) electrons. The highest BCUT2D eigenvalue weighted by Crippen LogP contribution is 2.18. The third-order valence-electron chi connectivity index (χ3n) is 3.81. The zero-order chi connectivity index (χ0) is 17.3. The molecule has 0 bridgehead atoms. The van der Waals surface area contributed by atoms with Crippen molar-refractivity contribution in [3.8, 4) is 5.69 Å². The number of aromatic nitrogens is 3. The van der Waals surface area contributed by atoms with E-state index in [0.717, 1.165) is 11.3 Å². The van der Waals surface area contributed by atoms with Gasteiger partial charge in [-0.15, -0.1) is 0 Å². The number of H-pyrrole nitrogens is 1. The highest BCUT2D eigenvalue weighted by molar-refractivity contribution is 5.81. The van der Waals surface area contributed by atoms with E-state index in [2.05, 4.69) is 10.1 Å². The van der Waals surface area contributed by atoms with Gasteiger partial charge in [-0.2, -0.15) is 5.10 Å². The maximum Gasteiger partial charge on any atom is 0.311 e. The topological polar surface area (TPSA) is 77.0 Å². The quantitative estimate of drug-likeness (QED) is 0.747. The molecule has 0 saturated carbocycles. The van der Waals surface area contributed by atoms with E-state index in [-0.39, 0.29) is 17.8 Å². The second kappa shape index (κ2) is 6.31. The Morgan fingerprint density at radius 1 is 1.25 bits per heavy atom. The number of carbonyl (C=O) groups excluding carboxylic acids is 1. The number of hydrogen-bond acceptors (Lipinski definition) is 4. The summed E-state index contributed by atoms with van der Waals surface area (Å²) in [4.78, 5) is 27.3. The van der Waals surface area contributed by atoms with E-state index in [4.69, 9.17) is 4.74 Å². The zero-order valence-electron chi connectivity index (χ0n) is 13.9. The van der Waals surface area contributed by atoms with Crippen molar-refractivity contribution >= 4 is 17.0 Å². The van der Waals surface area contributed by atoms with E-state index in [1.165, 1.54) is 6.07 Å². The summed E-state index contributed by atoms with van der Waals surface area (Å²) in [7, 11) is 0. The van der Waals surface area contributed by atoms with E-state index in [1.54, 1.807) is 18.5 Å². The van der Waals surface area contributed by atoms with Crippen molar-refractivity contribution in [2.45, 2.75) is 27.2 Å². The van der Waals surface area contributed by atoms with Crippen molar-refractivity contribution in [1.82, 2.24) is 14.8 Å². The summed E-state index contributed by atoms with van der Waals surface area (Å²) < 4.78 is 6.64. The Hall–Kier alpha value is -2.89. The summed E-state index contributed by atoms with van der Waals surface area (Å²) in [5.74, 6) is -0.370. The predicted molar refractivity (Wildman–Crippen MR) is 91.5 cm³/mol. The minimum absolute atomic E-state index is 0.0249. The van der Waals surface area contributed by atoms with Crippen LogP contribution in [0.3, 0.4) is 0 Å². The van der Waals surface area contributed by atoms with E-state index < -0.39 is 0 Å². The molecule has 124 valence electrons. The molecule has 0 amide bonds. The third-order valence-corrected chi connectivity index (χ3v) is 3.81. The lowest BCUT2D eigenvalue weighted by Gasteiger charge is -2.06. The molecule has 0 fully saturated rings. The molecule has 6 heteroatoms. The van der Waals surface area contributed by atoms with Crippen molar-refractivity contribution in [2.24, 2.45) is 0 Å². The molecule has 0 unspecified atom stereocenters. The number of aromatic amines is 1. The minimum atomic E-state index is -0.370. The van der Waals surface area contributed by atoms with Crippen LogP contribution in [0.15, 0.2) is 35.1 Å². The number of nitrogens with zero attached hydrogens (tertiary/aromatic N) is 2. The molecule has 3 aromatic rings. The van der Waals surface area contributed by atoms with Gasteiger partial charge in [-0.05, 0) is 32.9 Å². The van der Waals surface area contributed by atoms with Crippen molar-refractivity contribution in [1.29, 1.82) is 0 Å². The van der Waals surface area contributed by atoms with Gasteiger partial charge in [0.15, 0.2) is 5.43 Å². The Kier molecular flexibility index (Phi) is 4.20. The van der Waals surface area contributed by atoms with Crippen LogP contribution in [-0.4, -0.2) is 27.3 Å². The van der Waals surface area contributed by atoms with Crippen LogP contribution in [0.1, 0.15) is 23.9 Å². The monoisotopic (exact) mass is 325 g/mol. The van der Waals surface area contributed by atoms with E-state index >= 15 is 0 Å². The first kappa shape index (κ1) is 16.0. The Morgan fingerprint density at radius 2 is 1.96 bits per heavy atom. The molecular weight excluding hydrogens is 306 g/mol. The maximum atomic E-state index is 12.4. The molecule has 6 nitrogen and oxygen atoms in total. The second-order valence-electron chi connectivity index (χ2n) is 5.70. The number of pyridine rings is 1. The van der Waals surface area contributed by atoms with E-state index in [1.807, 2.05) is 31.2 Å². The van der Waals surface area contributed by atoms with Gasteiger partial charge >= 0.3 is 5.97 Å². The molecule has 1 aromatic carbocycles. The van der Waals surface area contributed by atoms with Crippen LogP contribution in [0.25, 0.3) is 16.7 Å². The normalized spacial score (nSPS) is 11.0. The van der Waals surface area contributed by atoms with Crippen molar-refractivity contribution in [3.63, 3.8) is 0 Å². The molecule has 24 heavy (non-hydrogen) atoms. The highest BCUT2D eigenvalue weighted by Gasteiger charge is 2.15. The number of esters is 1. The van der Waals surface area contributed by atoms with Crippen LogP contribution in [0, 0.1) is 13.8 Å². The largest absolute Gasteiger partial charge is 0.466 e. The SMILES string of the molecule is CCOC(=O)Cc1cc(=O)c2c(C)nn(-c3ccc(C)cc3)c2[nH]1. The zero-order valence-corrected chi connectivity index (χ0v) is 13.9. The fourth-order valence-corrected chi connectivity index (χ4v) is 2.69. The summed E-state index contributed by atoms with van der Waals surface area (Å²) in [6.07, 6.45) is 0.0249. The summed E-state index contributed by atoms with van der Waals surface area (Å²) in [5, 5.41) is 5.01. The third kappa shape index (κ3) is 2.95. The van der Waals surface area contributed by atoms with Gasteiger partial charge in [0.1, 0.15) is 5.65 Å². The Bertz CT molecular complexity index is 952. The summed E-state index contributed by atoms with van der Waals surface area (Å²) in [6, 6.07) is 9.29. The molecule has 3 rings (SSSR count). The number of nitrogens with one attached hydrogen (secondary N) is 1. The lowest BCUT2D eigenvalue weighted by molar-refractivity contribution is -0.142. The Balaban J connectivity index is 2.14. The number of carbonyl (C=O) groups is 1. The molecule has 2 heterocycles. The van der Waals surface area contributed by atoms with Gasteiger partial charge in [0.05, 0.1) is 29.8 Å². The molecular formula is C18H19N3O3. The fraction of sp³-hybridized carbons (Fsp3) is 0.278. The average molecular weight is 325 g/mol. The van der Waals surface area contributed by atoms with E-state index in [0.29, 0.717) is 29.0 Å². The van der Waals surface area contributed by atoms with Crippen molar-refractivity contribution in [3.05, 3.63) is 57.5 Å². The first-order chi connectivity index (χ1) is 11.5. The number of aryl methyl sites for hydroxylation is 2. The van der Waals surface area contributed by atoms with Gasteiger partial charge in [0.2, 0.25) is 0 Å². The highest BCUT2D eigenvalue weighted by atomic mass is 16.5. The molecule has 0 atom stereocenters. The van der Waals surface area contributed by atoms with Crippen LogP contribution in [0.2, 0.25) is 0 Å². The summed E-state index contributed by atoms with van der Waals surface area (Å²) in [6.45, 7) is 5.87. The average Bonchev–Trinajstić information content (AvgIpc) is 2.85. The molecule has 2 aromatic heterocycles. The Morgan fingerprint density at radius 3 is 2.62 bits per heavy atom. The summed E-state index contributed by atoms with van der Waals surface area (Å²) in [5.41, 5.74) is 3.59. The van der Waals surface area contributed by atoms with Gasteiger partial charge in [-0.25, -0.2) is 4.68 Å².